The number of rotatable bonds is 6. The Morgan fingerprint density at radius 1 is 1.29 bits per heavy atom. The van der Waals surface area contributed by atoms with Gasteiger partial charge < -0.3 is 15.5 Å². The molecule has 0 unspecified atom stereocenters. The number of aromatic nitrogens is 2. The van der Waals surface area contributed by atoms with Crippen LogP contribution in [0.4, 0.5) is 5.13 Å². The van der Waals surface area contributed by atoms with E-state index in [-0.39, 0.29) is 23.8 Å². The molecular formula is C12H11N3O4S2. The van der Waals surface area contributed by atoms with Crippen LogP contribution in [0.5, 0.6) is 5.75 Å². The minimum Gasteiger partial charge on any atom is -0.508 e. The molecule has 1 aromatic heterocycles. The van der Waals surface area contributed by atoms with Crippen LogP contribution in [0.25, 0.3) is 0 Å². The van der Waals surface area contributed by atoms with E-state index in [1.165, 1.54) is 6.07 Å². The number of benzene rings is 1. The summed E-state index contributed by atoms with van der Waals surface area (Å²) >= 11 is 2.14. The summed E-state index contributed by atoms with van der Waals surface area (Å²) in [5.41, 5.74) is 0.514. The molecule has 0 aliphatic rings. The van der Waals surface area contributed by atoms with E-state index in [0.717, 1.165) is 23.1 Å². The zero-order chi connectivity index (χ0) is 15.2. The SMILES string of the molecule is O=C(O)CSc1nnc(NC(=O)Cc2ccccc2O)s1. The number of amides is 1. The normalized spacial score (nSPS) is 10.3. The average Bonchev–Trinajstić information content (AvgIpc) is 2.86. The van der Waals surface area contributed by atoms with Crippen LogP contribution in [-0.2, 0) is 16.0 Å². The maximum absolute atomic E-state index is 11.8. The Hall–Kier alpha value is -2.13. The number of aliphatic carboxylic acids is 1. The maximum atomic E-state index is 11.8. The molecule has 0 atom stereocenters. The highest BCUT2D eigenvalue weighted by Crippen LogP contribution is 2.25. The van der Waals surface area contributed by atoms with Crippen molar-refractivity contribution in [2.45, 2.75) is 10.8 Å². The molecule has 110 valence electrons. The third-order valence-corrected chi connectivity index (χ3v) is 4.27. The molecule has 0 radical (unpaired) electrons. The molecular weight excluding hydrogens is 314 g/mol. The zero-order valence-corrected chi connectivity index (χ0v) is 12.3. The largest absolute Gasteiger partial charge is 0.508 e. The van der Waals surface area contributed by atoms with Crippen molar-refractivity contribution in [1.29, 1.82) is 0 Å². The van der Waals surface area contributed by atoms with Crippen LogP contribution in [0.2, 0.25) is 0 Å². The number of anilines is 1. The topological polar surface area (TPSA) is 112 Å². The van der Waals surface area contributed by atoms with Gasteiger partial charge in [-0.25, -0.2) is 0 Å². The summed E-state index contributed by atoms with van der Waals surface area (Å²) in [4.78, 5) is 22.3. The highest BCUT2D eigenvalue weighted by atomic mass is 32.2. The molecule has 2 rings (SSSR count). The fourth-order valence-corrected chi connectivity index (χ4v) is 2.93. The van der Waals surface area contributed by atoms with E-state index >= 15 is 0 Å². The van der Waals surface area contributed by atoms with Gasteiger partial charge in [0.15, 0.2) is 4.34 Å². The first-order chi connectivity index (χ1) is 10.0. The first kappa shape index (κ1) is 15.3. The molecule has 1 aromatic carbocycles. The lowest BCUT2D eigenvalue weighted by atomic mass is 10.1. The van der Waals surface area contributed by atoms with Crippen molar-refractivity contribution in [3.05, 3.63) is 29.8 Å². The fraction of sp³-hybridized carbons (Fsp3) is 0.167. The summed E-state index contributed by atoms with van der Waals surface area (Å²) in [6.45, 7) is 0. The number of para-hydroxylation sites is 1. The van der Waals surface area contributed by atoms with Crippen molar-refractivity contribution in [1.82, 2.24) is 10.2 Å². The molecule has 1 amide bonds. The lowest BCUT2D eigenvalue weighted by Crippen LogP contribution is -2.14. The second kappa shape index (κ2) is 7.04. The van der Waals surface area contributed by atoms with Crippen LogP contribution in [0.1, 0.15) is 5.56 Å². The van der Waals surface area contributed by atoms with E-state index < -0.39 is 5.97 Å². The van der Waals surface area contributed by atoms with Gasteiger partial charge in [-0.05, 0) is 6.07 Å². The number of nitrogens with zero attached hydrogens (tertiary/aromatic N) is 2. The Bertz CT molecular complexity index is 659. The van der Waals surface area contributed by atoms with Crippen LogP contribution < -0.4 is 5.32 Å². The number of carbonyl (C=O) groups is 2. The second-order valence-corrected chi connectivity index (χ2v) is 6.11. The number of carboxylic acids is 1. The van der Waals surface area contributed by atoms with Gasteiger partial charge in [0.25, 0.3) is 0 Å². The highest BCUT2D eigenvalue weighted by Gasteiger charge is 2.11. The molecule has 3 N–H and O–H groups in total. The van der Waals surface area contributed by atoms with Gasteiger partial charge in [0, 0.05) is 5.56 Å². The monoisotopic (exact) mass is 325 g/mol. The summed E-state index contributed by atoms with van der Waals surface area (Å²) < 4.78 is 0.468. The number of carbonyl (C=O) groups excluding carboxylic acids is 1. The molecule has 2 aromatic rings. The number of aromatic hydroxyl groups is 1. The van der Waals surface area contributed by atoms with Crippen LogP contribution in [0.3, 0.4) is 0 Å². The van der Waals surface area contributed by atoms with Gasteiger partial charge in [0.2, 0.25) is 11.0 Å². The minimum atomic E-state index is -0.944. The van der Waals surface area contributed by atoms with Gasteiger partial charge in [0.1, 0.15) is 5.75 Å². The number of hydrogen-bond donors (Lipinski definition) is 3. The van der Waals surface area contributed by atoms with Crippen molar-refractivity contribution in [2.75, 3.05) is 11.1 Å². The molecule has 0 fully saturated rings. The van der Waals surface area contributed by atoms with Gasteiger partial charge in [-0.15, -0.1) is 10.2 Å². The van der Waals surface area contributed by atoms with E-state index in [1.54, 1.807) is 18.2 Å². The molecule has 0 spiro atoms. The summed E-state index contributed by atoms with van der Waals surface area (Å²) in [6.07, 6.45) is 0.0177. The minimum absolute atomic E-state index is 0.0177. The van der Waals surface area contributed by atoms with E-state index in [2.05, 4.69) is 15.5 Å². The molecule has 0 aliphatic heterocycles. The van der Waals surface area contributed by atoms with Crippen molar-refractivity contribution in [3.63, 3.8) is 0 Å². The Morgan fingerprint density at radius 2 is 2.05 bits per heavy atom. The summed E-state index contributed by atoms with van der Waals surface area (Å²) in [6, 6.07) is 6.57. The van der Waals surface area contributed by atoms with Crippen molar-refractivity contribution < 1.29 is 19.8 Å². The van der Waals surface area contributed by atoms with E-state index in [4.69, 9.17) is 5.11 Å². The fourth-order valence-electron chi connectivity index (χ4n) is 1.44. The van der Waals surface area contributed by atoms with Gasteiger partial charge in [-0.1, -0.05) is 41.3 Å². The van der Waals surface area contributed by atoms with Gasteiger partial charge in [0.05, 0.1) is 12.2 Å². The van der Waals surface area contributed by atoms with Crippen molar-refractivity contribution in [3.8, 4) is 5.75 Å². The van der Waals surface area contributed by atoms with Crippen molar-refractivity contribution in [2.24, 2.45) is 0 Å². The Morgan fingerprint density at radius 3 is 2.76 bits per heavy atom. The smallest absolute Gasteiger partial charge is 0.313 e. The lowest BCUT2D eigenvalue weighted by Gasteiger charge is -2.03. The Labute approximate surface area is 128 Å². The van der Waals surface area contributed by atoms with Gasteiger partial charge >= 0.3 is 5.97 Å². The Kier molecular flexibility index (Phi) is 5.12. The van der Waals surface area contributed by atoms with Gasteiger partial charge in [-0.2, -0.15) is 0 Å². The number of carboxylic acid groups (broad SMARTS) is 1. The second-order valence-electron chi connectivity index (χ2n) is 3.91. The molecule has 0 bridgehead atoms. The molecule has 0 saturated heterocycles. The highest BCUT2D eigenvalue weighted by molar-refractivity contribution is 8.01. The molecule has 9 heteroatoms. The predicted molar refractivity (Wildman–Crippen MR) is 78.7 cm³/mol. The van der Waals surface area contributed by atoms with Crippen LogP contribution in [0.15, 0.2) is 28.6 Å². The number of thioether (sulfide) groups is 1. The third kappa shape index (κ3) is 4.72. The summed E-state index contributed by atoms with van der Waals surface area (Å²) in [7, 11) is 0. The van der Waals surface area contributed by atoms with E-state index in [9.17, 15) is 14.7 Å². The van der Waals surface area contributed by atoms with Crippen LogP contribution in [0, 0.1) is 0 Å². The average molecular weight is 325 g/mol. The number of phenolic OH excluding ortho intramolecular Hbond substituents is 1. The summed E-state index contributed by atoms with van der Waals surface area (Å²) in [5, 5.41) is 28.5. The van der Waals surface area contributed by atoms with E-state index in [1.807, 2.05) is 0 Å². The quantitative estimate of drug-likeness (QED) is 0.546. The number of phenols is 1. The number of hydrogen-bond acceptors (Lipinski definition) is 7. The lowest BCUT2D eigenvalue weighted by molar-refractivity contribution is -0.133. The van der Waals surface area contributed by atoms with E-state index in [0.29, 0.717) is 15.0 Å². The van der Waals surface area contributed by atoms with Crippen LogP contribution in [-0.4, -0.2) is 38.0 Å². The number of nitrogens with one attached hydrogen (secondary N) is 1. The molecule has 1 heterocycles. The predicted octanol–water partition coefficient (Wildman–Crippen LogP) is 1.60. The maximum Gasteiger partial charge on any atom is 0.313 e. The zero-order valence-electron chi connectivity index (χ0n) is 10.6. The Balaban J connectivity index is 1.91. The third-order valence-electron chi connectivity index (χ3n) is 2.31. The van der Waals surface area contributed by atoms with Crippen LogP contribution >= 0.6 is 23.1 Å². The molecule has 0 aliphatic carbocycles. The standard InChI is InChI=1S/C12H11N3O4S2/c16-8-4-2-1-3-7(8)5-9(17)13-11-14-15-12(21-11)20-6-10(18)19/h1-4,16H,5-6H2,(H,18,19)(H,13,14,17). The molecule has 7 nitrogen and oxygen atoms in total. The summed E-state index contributed by atoms with van der Waals surface area (Å²) in [5.74, 6) is -1.33. The first-order valence-corrected chi connectivity index (χ1v) is 7.59. The molecule has 21 heavy (non-hydrogen) atoms. The van der Waals surface area contributed by atoms with Crippen molar-refractivity contribution >= 4 is 40.1 Å². The first-order valence-electron chi connectivity index (χ1n) is 5.79. The van der Waals surface area contributed by atoms with Gasteiger partial charge in [-0.3, -0.25) is 9.59 Å². The molecule has 0 saturated carbocycles.